The number of carbonyl (C=O) groups excluding carboxylic acids is 1. The topological polar surface area (TPSA) is 17.1 Å². The smallest absolute Gasteiger partial charge is 0.298 e. The summed E-state index contributed by atoms with van der Waals surface area (Å²) in [6.45, 7) is 0. The first-order chi connectivity index (χ1) is 9.32. The highest BCUT2D eigenvalue weighted by atomic mass is 35.5. The van der Waals surface area contributed by atoms with Crippen molar-refractivity contribution < 1.29 is 18.0 Å². The molecule has 0 fully saturated rings. The standard InChI is InChI=1S/C13H7Cl2F3OS/c14-11-9(10(6-19)12(15)20-11)5-7-2-1-3-8(4-7)13(16,17)18/h1-4,6H,5H2. The number of benzene rings is 1. The van der Waals surface area contributed by atoms with Gasteiger partial charge < -0.3 is 0 Å². The highest BCUT2D eigenvalue weighted by molar-refractivity contribution is 7.20. The molecule has 0 bridgehead atoms. The van der Waals surface area contributed by atoms with Crippen molar-refractivity contribution in [3.05, 3.63) is 55.2 Å². The van der Waals surface area contributed by atoms with Gasteiger partial charge in [0.25, 0.3) is 0 Å². The molecule has 0 aliphatic carbocycles. The molecule has 20 heavy (non-hydrogen) atoms. The Labute approximate surface area is 126 Å². The van der Waals surface area contributed by atoms with E-state index in [9.17, 15) is 18.0 Å². The lowest BCUT2D eigenvalue weighted by Crippen LogP contribution is -2.05. The maximum Gasteiger partial charge on any atom is 0.416 e. The first-order valence-electron chi connectivity index (χ1n) is 5.41. The van der Waals surface area contributed by atoms with E-state index in [4.69, 9.17) is 23.2 Å². The molecule has 106 valence electrons. The van der Waals surface area contributed by atoms with Gasteiger partial charge in [0.2, 0.25) is 0 Å². The first-order valence-corrected chi connectivity index (χ1v) is 6.98. The first kappa shape index (κ1) is 15.4. The molecule has 1 nitrogen and oxygen atoms in total. The minimum Gasteiger partial charge on any atom is -0.298 e. The van der Waals surface area contributed by atoms with Crippen LogP contribution in [0.15, 0.2) is 24.3 Å². The third-order valence-corrected chi connectivity index (χ3v) is 4.43. The van der Waals surface area contributed by atoms with E-state index in [1.807, 2.05) is 0 Å². The number of halogens is 5. The second-order valence-corrected chi connectivity index (χ2v) is 6.26. The van der Waals surface area contributed by atoms with Crippen LogP contribution in [-0.4, -0.2) is 6.29 Å². The van der Waals surface area contributed by atoms with Crippen molar-refractivity contribution in [1.29, 1.82) is 0 Å². The van der Waals surface area contributed by atoms with E-state index in [0.717, 1.165) is 23.5 Å². The summed E-state index contributed by atoms with van der Waals surface area (Å²) >= 11 is 12.8. The van der Waals surface area contributed by atoms with Gasteiger partial charge >= 0.3 is 6.18 Å². The zero-order chi connectivity index (χ0) is 14.9. The van der Waals surface area contributed by atoms with E-state index in [1.165, 1.54) is 6.07 Å². The third-order valence-electron chi connectivity index (χ3n) is 2.71. The van der Waals surface area contributed by atoms with Gasteiger partial charge in [-0.1, -0.05) is 41.4 Å². The van der Waals surface area contributed by atoms with Gasteiger partial charge in [-0.15, -0.1) is 11.3 Å². The quantitative estimate of drug-likeness (QED) is 0.677. The molecule has 0 aliphatic heterocycles. The van der Waals surface area contributed by atoms with Crippen molar-refractivity contribution in [2.75, 3.05) is 0 Å². The Morgan fingerprint density at radius 2 is 1.90 bits per heavy atom. The predicted octanol–water partition coefficient (Wildman–Crippen LogP) is 5.48. The van der Waals surface area contributed by atoms with Crippen molar-refractivity contribution in [1.82, 2.24) is 0 Å². The molecule has 0 N–H and O–H groups in total. The molecule has 0 unspecified atom stereocenters. The number of aldehydes is 1. The SMILES string of the molecule is O=Cc1c(Cl)sc(Cl)c1Cc1cccc(C(F)(F)F)c1. The second-order valence-electron chi connectivity index (χ2n) is 4.03. The Morgan fingerprint density at radius 3 is 2.50 bits per heavy atom. The lowest BCUT2D eigenvalue weighted by molar-refractivity contribution is -0.137. The summed E-state index contributed by atoms with van der Waals surface area (Å²) < 4.78 is 38.5. The predicted molar refractivity (Wildman–Crippen MR) is 74.0 cm³/mol. The Hall–Kier alpha value is -1.04. The van der Waals surface area contributed by atoms with Crippen LogP contribution in [0.5, 0.6) is 0 Å². The normalized spacial score (nSPS) is 11.7. The van der Waals surface area contributed by atoms with E-state index >= 15 is 0 Å². The number of carbonyl (C=O) groups is 1. The van der Waals surface area contributed by atoms with E-state index in [2.05, 4.69) is 0 Å². The summed E-state index contributed by atoms with van der Waals surface area (Å²) in [4.78, 5) is 11.0. The Balaban J connectivity index is 2.38. The third kappa shape index (κ3) is 3.16. The van der Waals surface area contributed by atoms with Crippen LogP contribution < -0.4 is 0 Å². The molecule has 1 aromatic carbocycles. The minimum atomic E-state index is -4.40. The number of alkyl halides is 3. The van der Waals surface area contributed by atoms with Crippen molar-refractivity contribution in [3.8, 4) is 0 Å². The van der Waals surface area contributed by atoms with Gasteiger partial charge in [0, 0.05) is 12.0 Å². The van der Waals surface area contributed by atoms with Crippen LogP contribution in [0.3, 0.4) is 0 Å². The molecule has 0 aliphatic rings. The summed E-state index contributed by atoms with van der Waals surface area (Å²) in [5.74, 6) is 0. The highest BCUT2D eigenvalue weighted by Crippen LogP contribution is 2.37. The molecule has 0 radical (unpaired) electrons. The van der Waals surface area contributed by atoms with Gasteiger partial charge in [0.15, 0.2) is 6.29 Å². The Bertz CT molecular complexity index is 650. The van der Waals surface area contributed by atoms with Crippen molar-refractivity contribution in [2.24, 2.45) is 0 Å². The maximum atomic E-state index is 12.6. The van der Waals surface area contributed by atoms with E-state index < -0.39 is 11.7 Å². The second kappa shape index (κ2) is 5.76. The molecule has 0 saturated carbocycles. The Kier molecular flexibility index (Phi) is 4.42. The lowest BCUT2D eigenvalue weighted by Gasteiger charge is -2.08. The van der Waals surface area contributed by atoms with Gasteiger partial charge in [-0.2, -0.15) is 13.2 Å². The molecule has 0 amide bonds. The molecule has 1 aromatic heterocycles. The van der Waals surface area contributed by atoms with Crippen LogP contribution in [0.2, 0.25) is 8.67 Å². The van der Waals surface area contributed by atoms with E-state index in [1.54, 1.807) is 6.07 Å². The lowest BCUT2D eigenvalue weighted by atomic mass is 10.0. The summed E-state index contributed by atoms with van der Waals surface area (Å²) in [6.07, 6.45) is -3.71. The van der Waals surface area contributed by atoms with E-state index in [0.29, 0.717) is 21.7 Å². The Morgan fingerprint density at radius 1 is 1.20 bits per heavy atom. The van der Waals surface area contributed by atoms with Crippen molar-refractivity contribution >= 4 is 40.8 Å². The molecule has 7 heteroatoms. The fourth-order valence-corrected chi connectivity index (χ4v) is 3.42. The largest absolute Gasteiger partial charge is 0.416 e. The van der Waals surface area contributed by atoms with Crippen LogP contribution >= 0.6 is 34.5 Å². The number of rotatable bonds is 3. The maximum absolute atomic E-state index is 12.6. The van der Waals surface area contributed by atoms with Crippen LogP contribution in [0, 0.1) is 0 Å². The number of thiophene rings is 1. The average molecular weight is 339 g/mol. The monoisotopic (exact) mass is 338 g/mol. The fraction of sp³-hybridized carbons (Fsp3) is 0.154. The number of hydrogen-bond donors (Lipinski definition) is 0. The highest BCUT2D eigenvalue weighted by Gasteiger charge is 2.30. The van der Waals surface area contributed by atoms with Crippen LogP contribution in [0.4, 0.5) is 13.2 Å². The summed E-state index contributed by atoms with van der Waals surface area (Å²) in [5, 5.41) is 0. The zero-order valence-electron chi connectivity index (χ0n) is 9.80. The summed E-state index contributed by atoms with van der Waals surface area (Å²) in [6, 6.07) is 4.90. The molecule has 0 spiro atoms. The molecule has 1 heterocycles. The summed E-state index contributed by atoms with van der Waals surface area (Å²) in [5.41, 5.74) is 0.370. The molecule has 2 rings (SSSR count). The van der Waals surface area contributed by atoms with Crippen LogP contribution in [0.1, 0.15) is 27.0 Å². The van der Waals surface area contributed by atoms with Gasteiger partial charge in [0.05, 0.1) is 9.90 Å². The van der Waals surface area contributed by atoms with Crippen molar-refractivity contribution in [2.45, 2.75) is 12.6 Å². The fourth-order valence-electron chi connectivity index (χ4n) is 1.76. The van der Waals surface area contributed by atoms with Crippen molar-refractivity contribution in [3.63, 3.8) is 0 Å². The molecule has 0 saturated heterocycles. The average Bonchev–Trinajstić information content (AvgIpc) is 2.63. The van der Waals surface area contributed by atoms with Crippen LogP contribution in [0.25, 0.3) is 0 Å². The van der Waals surface area contributed by atoms with Crippen LogP contribution in [-0.2, 0) is 12.6 Å². The van der Waals surface area contributed by atoms with E-state index in [-0.39, 0.29) is 16.3 Å². The summed E-state index contributed by atoms with van der Waals surface area (Å²) in [7, 11) is 0. The van der Waals surface area contributed by atoms with Gasteiger partial charge in [-0.3, -0.25) is 4.79 Å². The van der Waals surface area contributed by atoms with Gasteiger partial charge in [-0.25, -0.2) is 0 Å². The molecular weight excluding hydrogens is 332 g/mol. The molecule has 0 atom stereocenters. The molecular formula is C13H7Cl2F3OS. The van der Waals surface area contributed by atoms with Gasteiger partial charge in [-0.05, 0) is 17.2 Å². The van der Waals surface area contributed by atoms with Gasteiger partial charge in [0.1, 0.15) is 4.34 Å². The molecule has 2 aromatic rings. The zero-order valence-corrected chi connectivity index (χ0v) is 12.1. The minimum absolute atomic E-state index is 0.125. The number of hydrogen-bond acceptors (Lipinski definition) is 2.